The Morgan fingerprint density at radius 3 is 0.853 bits per heavy atom. The maximum atomic E-state index is 12.0. The van der Waals surface area contributed by atoms with Gasteiger partial charge in [-0.2, -0.15) is 0 Å². The summed E-state index contributed by atoms with van der Waals surface area (Å²) in [6.45, 7) is 0. The molecular formula is C64H44N2O2. The smallest absolute Gasteiger partial charge is 0.150 e. The van der Waals surface area contributed by atoms with Crippen molar-refractivity contribution in [2.75, 3.05) is 9.80 Å². The Hall–Kier alpha value is -9.12. The molecular weight excluding hydrogens is 829 g/mol. The number of hydrogen-bond donors (Lipinski definition) is 0. The van der Waals surface area contributed by atoms with E-state index >= 15 is 0 Å². The molecule has 0 aliphatic heterocycles. The molecule has 0 aliphatic rings. The second kappa shape index (κ2) is 18.4. The average Bonchev–Trinajstić information content (AvgIpc) is 3.42. The maximum absolute atomic E-state index is 12.0. The highest BCUT2D eigenvalue weighted by atomic mass is 16.1. The molecule has 0 radical (unpaired) electrons. The molecule has 0 N–H and O–H groups in total. The van der Waals surface area contributed by atoms with Crippen molar-refractivity contribution in [1.29, 1.82) is 0 Å². The van der Waals surface area contributed by atoms with Gasteiger partial charge in [-0.05, 0) is 163 Å². The Morgan fingerprint density at radius 1 is 0.235 bits per heavy atom. The second-order valence-electron chi connectivity index (χ2n) is 16.9. The fourth-order valence-electron chi connectivity index (χ4n) is 9.55. The molecule has 11 rings (SSSR count). The van der Waals surface area contributed by atoms with Crippen LogP contribution in [0.4, 0.5) is 34.1 Å². The molecule has 68 heavy (non-hydrogen) atoms. The number of para-hydroxylation sites is 4. The van der Waals surface area contributed by atoms with E-state index in [4.69, 9.17) is 0 Å². The highest BCUT2D eigenvalue weighted by molar-refractivity contribution is 6.22. The number of carbonyl (C=O) groups excluding carboxylic acids is 2. The normalized spacial score (nSPS) is 11.1. The first-order valence-corrected chi connectivity index (χ1v) is 22.8. The summed E-state index contributed by atoms with van der Waals surface area (Å²) in [6.07, 6.45) is 1.81. The van der Waals surface area contributed by atoms with Crippen LogP contribution in [0.1, 0.15) is 20.7 Å². The fraction of sp³-hybridized carbons (Fsp3) is 0. The predicted molar refractivity (Wildman–Crippen MR) is 283 cm³/mol. The number of rotatable bonds is 12. The Morgan fingerprint density at radius 2 is 0.529 bits per heavy atom. The Balaban J connectivity index is 1.16. The number of carbonyl (C=O) groups is 2. The summed E-state index contributed by atoms with van der Waals surface area (Å²) < 4.78 is 0. The van der Waals surface area contributed by atoms with E-state index in [1.165, 1.54) is 0 Å². The van der Waals surface area contributed by atoms with Crippen LogP contribution in [0, 0.1) is 0 Å². The van der Waals surface area contributed by atoms with Crippen molar-refractivity contribution in [3.8, 4) is 44.5 Å². The van der Waals surface area contributed by atoms with Gasteiger partial charge in [0.2, 0.25) is 0 Å². The van der Waals surface area contributed by atoms with Crippen LogP contribution in [0.2, 0.25) is 0 Å². The Kier molecular flexibility index (Phi) is 11.3. The molecule has 0 amide bonds. The van der Waals surface area contributed by atoms with Crippen LogP contribution in [0.5, 0.6) is 0 Å². The van der Waals surface area contributed by atoms with Crippen molar-refractivity contribution >= 4 is 68.2 Å². The largest absolute Gasteiger partial charge is 0.311 e. The summed E-state index contributed by atoms with van der Waals surface area (Å²) in [5, 5.41) is 4.37. The van der Waals surface area contributed by atoms with Crippen molar-refractivity contribution in [2.45, 2.75) is 0 Å². The molecule has 4 heteroatoms. The standard InChI is InChI=1S/C64H44N2O2/c67-43-45-15-13-17-49(39-45)51-32-38-60-61(41-51)63(47-27-33-57(34-28-47)65(53-19-5-1-6-20-53)54-21-7-2-8-22-54)59-37-31-52(50-18-14-16-46(40-50)44-68)42-62(59)64(60)48-29-35-58(36-30-48)66(55-23-9-3-10-24-55)56-25-11-4-12-26-56/h1-44H. The summed E-state index contributed by atoms with van der Waals surface area (Å²) in [5.74, 6) is 0. The number of aldehydes is 2. The number of hydrogen-bond acceptors (Lipinski definition) is 4. The molecule has 0 saturated carbocycles. The van der Waals surface area contributed by atoms with Crippen LogP contribution >= 0.6 is 0 Å². The minimum absolute atomic E-state index is 0.630. The van der Waals surface area contributed by atoms with Crippen LogP contribution in [-0.4, -0.2) is 12.6 Å². The molecule has 11 aromatic rings. The maximum Gasteiger partial charge on any atom is 0.150 e. The summed E-state index contributed by atoms with van der Waals surface area (Å²) in [5.41, 5.74) is 16.0. The number of benzene rings is 11. The topological polar surface area (TPSA) is 40.6 Å². The van der Waals surface area contributed by atoms with Gasteiger partial charge in [0.1, 0.15) is 12.6 Å². The van der Waals surface area contributed by atoms with Gasteiger partial charge in [0.05, 0.1) is 0 Å². The first-order valence-electron chi connectivity index (χ1n) is 22.8. The Bertz CT molecular complexity index is 3250. The quantitative estimate of drug-likeness (QED) is 0.0906. The van der Waals surface area contributed by atoms with Gasteiger partial charge in [-0.25, -0.2) is 0 Å². The minimum atomic E-state index is 0.630. The van der Waals surface area contributed by atoms with Gasteiger partial charge in [-0.3, -0.25) is 9.59 Å². The highest BCUT2D eigenvalue weighted by Crippen LogP contribution is 2.47. The molecule has 0 heterocycles. The summed E-state index contributed by atoms with van der Waals surface area (Å²) in [6, 6.07) is 88.6. The van der Waals surface area contributed by atoms with Crippen molar-refractivity contribution < 1.29 is 9.59 Å². The zero-order valence-corrected chi connectivity index (χ0v) is 37.1. The van der Waals surface area contributed by atoms with E-state index in [0.29, 0.717) is 11.1 Å². The molecule has 11 aromatic carbocycles. The van der Waals surface area contributed by atoms with E-state index in [0.717, 1.165) is 113 Å². The third kappa shape index (κ3) is 8.01. The van der Waals surface area contributed by atoms with Crippen LogP contribution in [0.25, 0.3) is 66.1 Å². The van der Waals surface area contributed by atoms with Gasteiger partial charge in [-0.1, -0.05) is 158 Å². The SMILES string of the molecule is O=Cc1cccc(-c2ccc3c(-c4ccc(N(c5ccccc5)c5ccccc5)cc4)c4cc(-c5cccc(C=O)c5)ccc4c(-c4ccc(N(c5ccccc5)c5ccccc5)cc4)c3c2)c1. The third-order valence-electron chi connectivity index (χ3n) is 12.7. The van der Waals surface area contributed by atoms with Gasteiger partial charge >= 0.3 is 0 Å². The number of nitrogens with zero attached hydrogens (tertiary/aromatic N) is 2. The lowest BCUT2D eigenvalue weighted by atomic mass is 9.83. The molecule has 322 valence electrons. The van der Waals surface area contributed by atoms with E-state index in [2.05, 4.69) is 204 Å². The van der Waals surface area contributed by atoms with E-state index in [1.54, 1.807) is 0 Å². The van der Waals surface area contributed by atoms with E-state index < -0.39 is 0 Å². The monoisotopic (exact) mass is 872 g/mol. The summed E-state index contributed by atoms with van der Waals surface area (Å²) >= 11 is 0. The molecule has 0 aliphatic carbocycles. The van der Waals surface area contributed by atoms with Crippen LogP contribution in [0.3, 0.4) is 0 Å². The van der Waals surface area contributed by atoms with Crippen molar-refractivity contribution in [3.05, 3.63) is 266 Å². The predicted octanol–water partition coefficient (Wildman–Crippen LogP) is 17.2. The zero-order chi connectivity index (χ0) is 45.8. The molecule has 0 unspecified atom stereocenters. The first-order chi connectivity index (χ1) is 33.6. The fourth-order valence-corrected chi connectivity index (χ4v) is 9.55. The second-order valence-corrected chi connectivity index (χ2v) is 16.9. The first kappa shape index (κ1) is 41.6. The van der Waals surface area contributed by atoms with Crippen LogP contribution in [-0.2, 0) is 0 Å². The summed E-state index contributed by atoms with van der Waals surface area (Å²) in [4.78, 5) is 28.6. The van der Waals surface area contributed by atoms with Crippen LogP contribution in [0.15, 0.2) is 255 Å². The highest BCUT2D eigenvalue weighted by Gasteiger charge is 2.21. The van der Waals surface area contributed by atoms with Crippen LogP contribution < -0.4 is 9.80 Å². The van der Waals surface area contributed by atoms with E-state index in [-0.39, 0.29) is 0 Å². The lowest BCUT2D eigenvalue weighted by Gasteiger charge is -2.26. The minimum Gasteiger partial charge on any atom is -0.311 e. The summed E-state index contributed by atoms with van der Waals surface area (Å²) in [7, 11) is 0. The molecule has 0 bridgehead atoms. The molecule has 4 nitrogen and oxygen atoms in total. The molecule has 0 fully saturated rings. The third-order valence-corrected chi connectivity index (χ3v) is 12.7. The number of anilines is 6. The van der Waals surface area contributed by atoms with Gasteiger partial charge < -0.3 is 9.80 Å². The van der Waals surface area contributed by atoms with Crippen molar-refractivity contribution in [1.82, 2.24) is 0 Å². The van der Waals surface area contributed by atoms with E-state index in [9.17, 15) is 9.59 Å². The molecule has 0 saturated heterocycles. The van der Waals surface area contributed by atoms with Crippen molar-refractivity contribution in [2.24, 2.45) is 0 Å². The lowest BCUT2D eigenvalue weighted by molar-refractivity contribution is 0.111. The lowest BCUT2D eigenvalue weighted by Crippen LogP contribution is -2.09. The van der Waals surface area contributed by atoms with Gasteiger partial charge in [0, 0.05) is 45.3 Å². The molecule has 0 atom stereocenters. The van der Waals surface area contributed by atoms with E-state index in [1.807, 2.05) is 60.7 Å². The Labute approximate surface area is 396 Å². The average molecular weight is 873 g/mol. The van der Waals surface area contributed by atoms with Gasteiger partial charge in [-0.15, -0.1) is 0 Å². The zero-order valence-electron chi connectivity index (χ0n) is 37.1. The van der Waals surface area contributed by atoms with Crippen molar-refractivity contribution in [3.63, 3.8) is 0 Å². The molecule has 0 aromatic heterocycles. The molecule has 0 spiro atoms. The van der Waals surface area contributed by atoms with Gasteiger partial charge in [0.25, 0.3) is 0 Å². The number of fused-ring (bicyclic) bond motifs is 2. The van der Waals surface area contributed by atoms with Gasteiger partial charge in [0.15, 0.2) is 0 Å².